The molecule has 0 saturated carbocycles. The summed E-state index contributed by atoms with van der Waals surface area (Å²) in [6.07, 6.45) is 0.561. The van der Waals surface area contributed by atoms with Gasteiger partial charge < -0.3 is 19.5 Å². The summed E-state index contributed by atoms with van der Waals surface area (Å²) in [5, 5.41) is 3.00. The first-order valence-corrected chi connectivity index (χ1v) is 11.0. The van der Waals surface area contributed by atoms with Gasteiger partial charge in [-0.15, -0.1) is 0 Å². The third-order valence-corrected chi connectivity index (χ3v) is 4.65. The van der Waals surface area contributed by atoms with E-state index in [2.05, 4.69) is 17.4 Å². The van der Waals surface area contributed by atoms with Gasteiger partial charge in [0.05, 0.1) is 14.2 Å². The highest BCUT2D eigenvalue weighted by Crippen LogP contribution is 2.34. The Hall–Kier alpha value is -2.53. The molecule has 0 saturated heterocycles. The zero-order chi connectivity index (χ0) is 24.1. The first-order valence-electron chi connectivity index (χ1n) is 11.0. The summed E-state index contributed by atoms with van der Waals surface area (Å²) in [7, 11) is 4.84. The quantitative estimate of drug-likeness (QED) is 0.539. The fourth-order valence-electron chi connectivity index (χ4n) is 3.41. The zero-order valence-corrected chi connectivity index (χ0v) is 21.2. The zero-order valence-electron chi connectivity index (χ0n) is 21.2. The summed E-state index contributed by atoms with van der Waals surface area (Å²) in [4.78, 5) is 11.8. The molecule has 0 aliphatic rings. The topological polar surface area (TPSA) is 56.8 Å². The SMILES string of the molecule is CC.CC.CNC(Cc1cc(C)c(Oc2cc(C)c(OC)c(C)c2)c(C)c1)C(=O)OC. The van der Waals surface area contributed by atoms with Crippen LogP contribution in [0.2, 0.25) is 0 Å². The number of methoxy groups -OCH3 is 2. The standard InChI is InChI=1S/C22H29NO4.2C2H6/c1-13-8-17(12-19(23-5)22(24)26-7)9-14(2)21(13)27-18-10-15(3)20(25-6)16(4)11-18;2*1-2/h8-11,19,23H,12H2,1-7H3;2*1-2H3. The molecule has 2 aromatic rings. The minimum atomic E-state index is -0.368. The molecule has 0 spiro atoms. The van der Waals surface area contributed by atoms with E-state index >= 15 is 0 Å². The summed E-state index contributed by atoms with van der Waals surface area (Å²) in [6.45, 7) is 16.0. The second-order valence-corrected chi connectivity index (χ2v) is 6.82. The lowest BCUT2D eigenvalue weighted by atomic mass is 10.00. The molecule has 0 aliphatic carbocycles. The summed E-state index contributed by atoms with van der Waals surface area (Å²) in [5.41, 5.74) is 5.18. The van der Waals surface area contributed by atoms with Crippen LogP contribution in [0.25, 0.3) is 0 Å². The normalized spacial score (nSPS) is 10.7. The van der Waals surface area contributed by atoms with Crippen LogP contribution in [0, 0.1) is 27.7 Å². The van der Waals surface area contributed by atoms with Crippen LogP contribution in [0.5, 0.6) is 17.2 Å². The number of benzene rings is 2. The number of carbonyl (C=O) groups excluding carboxylic acids is 1. The Balaban J connectivity index is 0.00000212. The minimum absolute atomic E-state index is 0.266. The second kappa shape index (κ2) is 14.5. The molecule has 0 aliphatic heterocycles. The molecule has 1 unspecified atom stereocenters. The molecule has 0 aromatic heterocycles. The first kappa shape index (κ1) is 28.5. The van der Waals surface area contributed by atoms with Gasteiger partial charge in [0.2, 0.25) is 0 Å². The van der Waals surface area contributed by atoms with Crippen molar-refractivity contribution in [3.63, 3.8) is 0 Å². The van der Waals surface area contributed by atoms with E-state index in [0.29, 0.717) is 6.42 Å². The highest BCUT2D eigenvalue weighted by Gasteiger charge is 2.19. The Bertz CT molecular complexity index is 784. The van der Waals surface area contributed by atoms with Crippen molar-refractivity contribution in [1.29, 1.82) is 0 Å². The van der Waals surface area contributed by atoms with Crippen molar-refractivity contribution < 1.29 is 19.0 Å². The van der Waals surface area contributed by atoms with Gasteiger partial charge in [-0.3, -0.25) is 4.79 Å². The van der Waals surface area contributed by atoms with Crippen LogP contribution in [0.1, 0.15) is 55.5 Å². The lowest BCUT2D eigenvalue weighted by Gasteiger charge is -2.18. The molecule has 2 aromatic carbocycles. The molecule has 5 nitrogen and oxygen atoms in total. The molecule has 1 atom stereocenters. The number of rotatable bonds is 7. The predicted molar refractivity (Wildman–Crippen MR) is 130 cm³/mol. The molecule has 0 fully saturated rings. The first-order chi connectivity index (χ1) is 14.8. The number of hydrogen-bond acceptors (Lipinski definition) is 5. The Morgan fingerprint density at radius 1 is 0.839 bits per heavy atom. The van der Waals surface area contributed by atoms with E-state index in [9.17, 15) is 4.79 Å². The largest absolute Gasteiger partial charge is 0.496 e. The highest BCUT2D eigenvalue weighted by molar-refractivity contribution is 5.76. The summed E-state index contributed by atoms with van der Waals surface area (Å²) >= 11 is 0. The number of ether oxygens (including phenoxy) is 3. The van der Waals surface area contributed by atoms with Gasteiger partial charge in [-0.05, 0) is 81.1 Å². The van der Waals surface area contributed by atoms with Crippen LogP contribution in [-0.4, -0.2) is 33.3 Å². The van der Waals surface area contributed by atoms with Crippen LogP contribution in [0.4, 0.5) is 0 Å². The fourth-order valence-corrected chi connectivity index (χ4v) is 3.41. The summed E-state index contributed by atoms with van der Waals surface area (Å²) in [5.74, 6) is 2.23. The van der Waals surface area contributed by atoms with Crippen molar-refractivity contribution in [2.75, 3.05) is 21.3 Å². The van der Waals surface area contributed by atoms with E-state index in [1.54, 1.807) is 14.2 Å². The lowest BCUT2D eigenvalue weighted by Crippen LogP contribution is -2.36. The lowest BCUT2D eigenvalue weighted by molar-refractivity contribution is -0.142. The van der Waals surface area contributed by atoms with Crippen LogP contribution in [0.3, 0.4) is 0 Å². The van der Waals surface area contributed by atoms with Gasteiger partial charge in [-0.1, -0.05) is 39.8 Å². The van der Waals surface area contributed by atoms with E-state index in [0.717, 1.165) is 45.1 Å². The highest BCUT2D eigenvalue weighted by atomic mass is 16.5. The van der Waals surface area contributed by atoms with Gasteiger partial charge in [0.25, 0.3) is 0 Å². The van der Waals surface area contributed by atoms with Gasteiger partial charge in [0, 0.05) is 0 Å². The summed E-state index contributed by atoms with van der Waals surface area (Å²) < 4.78 is 16.5. The van der Waals surface area contributed by atoms with Crippen molar-refractivity contribution in [3.05, 3.63) is 52.1 Å². The molecule has 174 valence electrons. The van der Waals surface area contributed by atoms with E-state index in [-0.39, 0.29) is 12.0 Å². The number of nitrogens with one attached hydrogen (secondary N) is 1. The second-order valence-electron chi connectivity index (χ2n) is 6.82. The van der Waals surface area contributed by atoms with E-state index in [4.69, 9.17) is 14.2 Å². The van der Waals surface area contributed by atoms with Crippen molar-refractivity contribution in [3.8, 4) is 17.2 Å². The van der Waals surface area contributed by atoms with Gasteiger partial charge in [0.15, 0.2) is 0 Å². The Morgan fingerprint density at radius 3 is 1.68 bits per heavy atom. The van der Waals surface area contributed by atoms with Crippen LogP contribution >= 0.6 is 0 Å². The van der Waals surface area contributed by atoms with Crippen molar-refractivity contribution in [1.82, 2.24) is 5.32 Å². The predicted octanol–water partition coefficient (Wildman–Crippen LogP) is 6.08. The number of carbonyl (C=O) groups is 1. The van der Waals surface area contributed by atoms with Gasteiger partial charge in [-0.2, -0.15) is 0 Å². The molecule has 0 amide bonds. The van der Waals surface area contributed by atoms with Crippen molar-refractivity contribution in [2.45, 2.75) is 67.9 Å². The molecule has 5 heteroatoms. The monoisotopic (exact) mass is 431 g/mol. The molecular formula is C26H41NO4. The number of likely N-dealkylation sites (N-methyl/N-ethyl adjacent to an activating group) is 1. The van der Waals surface area contributed by atoms with Gasteiger partial charge in [0.1, 0.15) is 23.3 Å². The molecule has 31 heavy (non-hydrogen) atoms. The van der Waals surface area contributed by atoms with Crippen molar-refractivity contribution >= 4 is 5.97 Å². The minimum Gasteiger partial charge on any atom is -0.496 e. The fraction of sp³-hybridized carbons (Fsp3) is 0.500. The third-order valence-electron chi connectivity index (χ3n) is 4.65. The average molecular weight is 432 g/mol. The van der Waals surface area contributed by atoms with E-state index in [1.165, 1.54) is 7.11 Å². The Kier molecular flexibility index (Phi) is 13.3. The smallest absolute Gasteiger partial charge is 0.323 e. The molecule has 0 bridgehead atoms. The third kappa shape index (κ3) is 7.91. The molecule has 2 rings (SSSR count). The molecule has 1 N–H and O–H groups in total. The Morgan fingerprint density at radius 2 is 1.29 bits per heavy atom. The average Bonchev–Trinajstić information content (AvgIpc) is 2.76. The maximum Gasteiger partial charge on any atom is 0.323 e. The maximum absolute atomic E-state index is 11.8. The van der Waals surface area contributed by atoms with Gasteiger partial charge >= 0.3 is 5.97 Å². The Labute approximate surface area is 189 Å². The number of aryl methyl sites for hydroxylation is 4. The van der Waals surface area contributed by atoms with Crippen molar-refractivity contribution in [2.24, 2.45) is 0 Å². The number of hydrogen-bond donors (Lipinski definition) is 1. The number of esters is 1. The molecular weight excluding hydrogens is 390 g/mol. The molecule has 0 heterocycles. The van der Waals surface area contributed by atoms with Gasteiger partial charge in [-0.25, -0.2) is 0 Å². The van der Waals surface area contributed by atoms with Crippen LogP contribution in [0.15, 0.2) is 24.3 Å². The van der Waals surface area contributed by atoms with E-state index in [1.807, 2.05) is 67.5 Å². The maximum atomic E-state index is 11.8. The van der Waals surface area contributed by atoms with Crippen LogP contribution < -0.4 is 14.8 Å². The summed E-state index contributed by atoms with van der Waals surface area (Å²) in [6, 6.07) is 7.70. The van der Waals surface area contributed by atoms with E-state index < -0.39 is 0 Å². The molecule has 0 radical (unpaired) electrons. The van der Waals surface area contributed by atoms with Crippen LogP contribution in [-0.2, 0) is 16.0 Å².